The highest BCUT2D eigenvalue weighted by atomic mass is 32.1. The zero-order valence-electron chi connectivity index (χ0n) is 14.3. The second-order valence-corrected chi connectivity index (χ2v) is 6.89. The Morgan fingerprint density at radius 2 is 2.22 bits per heavy atom. The molecule has 2 amide bonds. The maximum Gasteiger partial charge on any atom is 0.322 e. The number of anilines is 4. The minimum Gasteiger partial charge on any atom is -0.380 e. The topological polar surface area (TPSA) is 82.2 Å². The molecule has 2 aromatic heterocycles. The maximum absolute atomic E-state index is 13.4. The molecule has 0 spiro atoms. The van der Waals surface area contributed by atoms with E-state index < -0.39 is 0 Å². The molecule has 1 aliphatic rings. The number of benzene rings is 1. The van der Waals surface area contributed by atoms with Crippen molar-refractivity contribution in [2.45, 2.75) is 6.54 Å². The second-order valence-electron chi connectivity index (χ2n) is 5.95. The lowest BCUT2D eigenvalue weighted by molar-refractivity contribution is 0.212. The number of aromatic nitrogens is 2. The third-order valence-electron chi connectivity index (χ3n) is 4.02. The zero-order valence-corrected chi connectivity index (χ0v) is 15.1. The first kappa shape index (κ1) is 17.2. The fourth-order valence-corrected chi connectivity index (χ4v) is 3.34. The van der Waals surface area contributed by atoms with Gasteiger partial charge in [0.05, 0.1) is 29.1 Å². The van der Waals surface area contributed by atoms with Crippen LogP contribution in [0.15, 0.2) is 48.0 Å². The normalized spacial score (nSPS) is 13.3. The predicted octanol–water partition coefficient (Wildman–Crippen LogP) is 3.88. The van der Waals surface area contributed by atoms with Crippen LogP contribution in [0.2, 0.25) is 0 Å². The van der Waals surface area contributed by atoms with Crippen LogP contribution in [0, 0.1) is 5.82 Å². The molecule has 9 heteroatoms. The minimum atomic E-state index is -0.340. The number of nitrogens with one attached hydrogen (secondary N) is 3. The molecule has 4 rings (SSSR count). The fourth-order valence-electron chi connectivity index (χ4n) is 2.73. The summed E-state index contributed by atoms with van der Waals surface area (Å²) in [7, 11) is 0. The van der Waals surface area contributed by atoms with Gasteiger partial charge in [0.1, 0.15) is 5.82 Å². The van der Waals surface area contributed by atoms with Crippen LogP contribution >= 0.6 is 11.3 Å². The first-order valence-electron chi connectivity index (χ1n) is 8.39. The molecule has 1 aromatic carbocycles. The number of urea groups is 1. The summed E-state index contributed by atoms with van der Waals surface area (Å²) in [6.07, 6.45) is 1.67. The van der Waals surface area contributed by atoms with Crippen LogP contribution in [0.25, 0.3) is 0 Å². The Morgan fingerprint density at radius 3 is 3.04 bits per heavy atom. The van der Waals surface area contributed by atoms with Crippen molar-refractivity contribution in [2.24, 2.45) is 0 Å². The number of thiophene rings is 1. The molecule has 3 heterocycles. The Morgan fingerprint density at radius 1 is 1.30 bits per heavy atom. The number of amides is 2. The van der Waals surface area contributed by atoms with E-state index >= 15 is 0 Å². The van der Waals surface area contributed by atoms with Gasteiger partial charge in [-0.05, 0) is 35.7 Å². The molecular formula is C18H17FN6OS. The van der Waals surface area contributed by atoms with Crippen LogP contribution in [0.3, 0.4) is 0 Å². The monoisotopic (exact) mass is 384 g/mol. The van der Waals surface area contributed by atoms with Crippen LogP contribution in [-0.4, -0.2) is 34.0 Å². The van der Waals surface area contributed by atoms with Crippen LogP contribution in [0.5, 0.6) is 0 Å². The van der Waals surface area contributed by atoms with E-state index in [9.17, 15) is 9.18 Å². The lowest BCUT2D eigenvalue weighted by Gasteiger charge is -2.20. The average Bonchev–Trinajstić information content (AvgIpc) is 3.06. The number of hydrogen-bond acceptors (Lipinski definition) is 6. The van der Waals surface area contributed by atoms with Crippen molar-refractivity contribution in [1.29, 1.82) is 0 Å². The first-order valence-corrected chi connectivity index (χ1v) is 9.27. The molecule has 138 valence electrons. The van der Waals surface area contributed by atoms with E-state index in [4.69, 9.17) is 0 Å². The van der Waals surface area contributed by atoms with E-state index in [0.29, 0.717) is 37.0 Å². The SMILES string of the molecule is O=C(Nc1cccs1)N1CCNc2cnc(Nc3cccc(F)c3)nc2C1. The minimum absolute atomic E-state index is 0.176. The molecule has 0 saturated carbocycles. The van der Waals surface area contributed by atoms with Gasteiger partial charge in [0.25, 0.3) is 0 Å². The van der Waals surface area contributed by atoms with Crippen molar-refractivity contribution < 1.29 is 9.18 Å². The van der Waals surface area contributed by atoms with Crippen LogP contribution in [-0.2, 0) is 6.54 Å². The summed E-state index contributed by atoms with van der Waals surface area (Å²) in [6.45, 7) is 1.49. The number of hydrogen-bond donors (Lipinski definition) is 3. The molecule has 1 aliphatic heterocycles. The Balaban J connectivity index is 1.51. The van der Waals surface area contributed by atoms with Crippen molar-refractivity contribution in [3.05, 3.63) is 59.5 Å². The third kappa shape index (κ3) is 4.14. The molecule has 0 aliphatic carbocycles. The number of carbonyl (C=O) groups is 1. The summed E-state index contributed by atoms with van der Waals surface area (Å²) in [5.74, 6) is 0.00881. The molecule has 0 unspecified atom stereocenters. The van der Waals surface area contributed by atoms with E-state index in [-0.39, 0.29) is 11.8 Å². The van der Waals surface area contributed by atoms with Crippen LogP contribution in [0.4, 0.5) is 31.5 Å². The van der Waals surface area contributed by atoms with Crippen molar-refractivity contribution in [3.8, 4) is 0 Å². The summed E-state index contributed by atoms with van der Waals surface area (Å²) >= 11 is 1.47. The number of halogens is 1. The highest BCUT2D eigenvalue weighted by molar-refractivity contribution is 7.14. The lowest BCUT2D eigenvalue weighted by atomic mass is 10.3. The van der Waals surface area contributed by atoms with E-state index in [2.05, 4.69) is 25.9 Å². The van der Waals surface area contributed by atoms with E-state index in [1.165, 1.54) is 23.5 Å². The largest absolute Gasteiger partial charge is 0.380 e. The maximum atomic E-state index is 13.4. The summed E-state index contributed by atoms with van der Waals surface area (Å²) < 4.78 is 13.4. The molecule has 0 radical (unpaired) electrons. The van der Waals surface area contributed by atoms with Gasteiger partial charge >= 0.3 is 6.03 Å². The molecule has 3 N–H and O–H groups in total. The molecular weight excluding hydrogens is 367 g/mol. The predicted molar refractivity (Wildman–Crippen MR) is 104 cm³/mol. The van der Waals surface area contributed by atoms with Crippen LogP contribution in [0.1, 0.15) is 5.69 Å². The lowest BCUT2D eigenvalue weighted by Crippen LogP contribution is -2.36. The molecule has 0 fully saturated rings. The van der Waals surface area contributed by atoms with Crippen molar-refractivity contribution in [2.75, 3.05) is 29.0 Å². The van der Waals surface area contributed by atoms with Gasteiger partial charge in [0, 0.05) is 18.8 Å². The summed E-state index contributed by atoms with van der Waals surface area (Å²) in [4.78, 5) is 23.0. The van der Waals surface area contributed by atoms with Gasteiger partial charge in [-0.2, -0.15) is 0 Å². The molecule has 7 nitrogen and oxygen atoms in total. The average molecular weight is 384 g/mol. The molecule has 0 atom stereocenters. The molecule has 0 bridgehead atoms. The smallest absolute Gasteiger partial charge is 0.322 e. The summed E-state index contributed by atoms with van der Waals surface area (Å²) in [5.41, 5.74) is 2.04. The van der Waals surface area contributed by atoms with Gasteiger partial charge in [-0.1, -0.05) is 6.07 Å². The van der Waals surface area contributed by atoms with E-state index in [0.717, 1.165) is 10.7 Å². The highest BCUT2D eigenvalue weighted by Gasteiger charge is 2.21. The molecule has 0 saturated heterocycles. The second kappa shape index (κ2) is 7.58. The number of nitrogens with zero attached hydrogens (tertiary/aromatic N) is 3. The Kier molecular flexibility index (Phi) is 4.84. The Hall–Kier alpha value is -3.20. The first-order chi connectivity index (χ1) is 13.2. The van der Waals surface area contributed by atoms with Crippen LogP contribution < -0.4 is 16.0 Å². The van der Waals surface area contributed by atoms with Crippen molar-refractivity contribution >= 4 is 39.7 Å². The van der Waals surface area contributed by atoms with Gasteiger partial charge in [0.15, 0.2) is 0 Å². The van der Waals surface area contributed by atoms with E-state index in [1.807, 2.05) is 17.5 Å². The highest BCUT2D eigenvalue weighted by Crippen LogP contribution is 2.22. The van der Waals surface area contributed by atoms with E-state index in [1.54, 1.807) is 23.2 Å². The van der Waals surface area contributed by atoms with Gasteiger partial charge < -0.3 is 15.5 Å². The van der Waals surface area contributed by atoms with Crippen molar-refractivity contribution in [3.63, 3.8) is 0 Å². The number of fused-ring (bicyclic) bond motifs is 1. The molecule has 3 aromatic rings. The summed E-state index contributed by atoms with van der Waals surface area (Å²) in [6, 6.07) is 9.65. The Labute approximate surface area is 159 Å². The van der Waals surface area contributed by atoms with Gasteiger partial charge in [-0.15, -0.1) is 11.3 Å². The van der Waals surface area contributed by atoms with Gasteiger partial charge in [-0.3, -0.25) is 5.32 Å². The standard InChI is InChI=1S/C18H17FN6OS/c19-12-3-1-4-13(9-12)22-17-21-10-14-15(23-17)11-25(7-6-20-14)18(26)24-16-5-2-8-27-16/h1-5,8-10,20H,6-7,11H2,(H,24,26)(H,21,22,23). The summed E-state index contributed by atoms with van der Waals surface area (Å²) in [5, 5.41) is 11.8. The van der Waals surface area contributed by atoms with Crippen molar-refractivity contribution in [1.82, 2.24) is 14.9 Å². The van der Waals surface area contributed by atoms with Gasteiger partial charge in [-0.25, -0.2) is 19.2 Å². The fraction of sp³-hybridized carbons (Fsp3) is 0.167. The number of rotatable bonds is 3. The quantitative estimate of drug-likeness (QED) is 0.638. The number of carbonyl (C=O) groups excluding carboxylic acids is 1. The Bertz CT molecular complexity index is 949. The molecule has 27 heavy (non-hydrogen) atoms. The third-order valence-corrected chi connectivity index (χ3v) is 4.81. The van der Waals surface area contributed by atoms with Gasteiger partial charge in [0.2, 0.25) is 5.95 Å². The zero-order chi connectivity index (χ0) is 18.6.